The minimum Gasteiger partial charge on any atom is -0.480 e. The summed E-state index contributed by atoms with van der Waals surface area (Å²) in [7, 11) is 0. The summed E-state index contributed by atoms with van der Waals surface area (Å²) < 4.78 is 0. The average Bonchev–Trinajstić information content (AvgIpc) is 2.83. The molecule has 0 saturated heterocycles. The van der Waals surface area contributed by atoms with Gasteiger partial charge in [-0.15, -0.1) is 0 Å². The van der Waals surface area contributed by atoms with Crippen molar-refractivity contribution in [2.75, 3.05) is 5.32 Å². The molecule has 0 heterocycles. The van der Waals surface area contributed by atoms with Crippen LogP contribution in [-0.4, -0.2) is 28.9 Å². The fourth-order valence-electron chi connectivity index (χ4n) is 4.11. The first-order valence-corrected chi connectivity index (χ1v) is 12.8. The first-order valence-electron chi connectivity index (χ1n) is 12.0. The van der Waals surface area contributed by atoms with Crippen molar-refractivity contribution in [3.63, 3.8) is 0 Å². The minimum atomic E-state index is -1.13. The van der Waals surface area contributed by atoms with Gasteiger partial charge in [0.2, 0.25) is 0 Å². The van der Waals surface area contributed by atoms with Crippen molar-refractivity contribution in [2.24, 2.45) is 0 Å². The van der Waals surface area contributed by atoms with E-state index in [4.69, 9.17) is 23.2 Å². The highest BCUT2D eigenvalue weighted by Crippen LogP contribution is 2.28. The fraction of sp³-hybridized carbons (Fsp3) is 0.276. The number of carbonyl (C=O) groups is 3. The predicted octanol–water partition coefficient (Wildman–Crippen LogP) is 6.92. The number of anilines is 1. The second kappa shape index (κ2) is 12.3. The van der Waals surface area contributed by atoms with Gasteiger partial charge < -0.3 is 15.7 Å². The maximum absolute atomic E-state index is 13.3. The standard InChI is InChI=1S/C29H30Cl2N2O4/c1-16(2)20-7-5-8-21(17(3)4)25(20)27(34)33-24(29(36)37)15-18-11-13-19(14-12-18)32-28(35)26-22(30)9-6-10-23(26)31/h5-14,16-17,24H,15H2,1-4H3,(H,32,35)(H,33,34)(H,36,37)/t24-/m0/s1. The van der Waals surface area contributed by atoms with Gasteiger partial charge in [0.25, 0.3) is 11.8 Å². The van der Waals surface area contributed by atoms with Crippen molar-refractivity contribution in [2.45, 2.75) is 52.0 Å². The Balaban J connectivity index is 1.76. The van der Waals surface area contributed by atoms with Gasteiger partial charge in [-0.2, -0.15) is 0 Å². The van der Waals surface area contributed by atoms with E-state index in [2.05, 4.69) is 10.6 Å². The van der Waals surface area contributed by atoms with Crippen LogP contribution in [0.3, 0.4) is 0 Å². The average molecular weight is 541 g/mol. The van der Waals surface area contributed by atoms with E-state index >= 15 is 0 Å². The molecule has 0 bridgehead atoms. The summed E-state index contributed by atoms with van der Waals surface area (Å²) in [5, 5.41) is 15.8. The number of benzene rings is 3. The second-order valence-corrected chi connectivity index (χ2v) is 10.3. The van der Waals surface area contributed by atoms with Crippen molar-refractivity contribution >= 4 is 46.7 Å². The predicted molar refractivity (Wildman–Crippen MR) is 148 cm³/mol. The van der Waals surface area contributed by atoms with Crippen LogP contribution in [0.15, 0.2) is 60.7 Å². The first-order chi connectivity index (χ1) is 17.5. The zero-order valence-corrected chi connectivity index (χ0v) is 22.7. The zero-order valence-electron chi connectivity index (χ0n) is 21.1. The maximum Gasteiger partial charge on any atom is 0.326 e. The number of rotatable bonds is 9. The summed E-state index contributed by atoms with van der Waals surface area (Å²) in [5.74, 6) is -1.78. The van der Waals surface area contributed by atoms with Crippen LogP contribution in [0.2, 0.25) is 10.0 Å². The Morgan fingerprint density at radius 1 is 0.757 bits per heavy atom. The summed E-state index contributed by atoms with van der Waals surface area (Å²) in [6.45, 7) is 8.02. The fourth-order valence-corrected chi connectivity index (χ4v) is 4.68. The number of hydrogen-bond donors (Lipinski definition) is 3. The number of nitrogens with one attached hydrogen (secondary N) is 2. The number of halogens is 2. The first kappa shape index (κ1) is 28.2. The highest BCUT2D eigenvalue weighted by atomic mass is 35.5. The van der Waals surface area contributed by atoms with Gasteiger partial charge in [0.1, 0.15) is 6.04 Å². The Labute approximate surface area is 227 Å². The molecule has 0 saturated carbocycles. The van der Waals surface area contributed by atoms with E-state index in [-0.39, 0.29) is 33.9 Å². The number of carboxylic acid groups (broad SMARTS) is 1. The number of hydrogen-bond acceptors (Lipinski definition) is 3. The number of carboxylic acids is 1. The van der Waals surface area contributed by atoms with E-state index < -0.39 is 23.8 Å². The molecule has 3 N–H and O–H groups in total. The van der Waals surface area contributed by atoms with Gasteiger partial charge in [-0.25, -0.2) is 4.79 Å². The van der Waals surface area contributed by atoms with Gasteiger partial charge in [0, 0.05) is 17.7 Å². The van der Waals surface area contributed by atoms with Crippen LogP contribution in [0, 0.1) is 0 Å². The van der Waals surface area contributed by atoms with E-state index in [1.165, 1.54) is 0 Å². The van der Waals surface area contributed by atoms with Crippen molar-refractivity contribution < 1.29 is 19.5 Å². The van der Waals surface area contributed by atoms with Crippen LogP contribution in [0.4, 0.5) is 5.69 Å². The molecule has 0 aliphatic heterocycles. The second-order valence-electron chi connectivity index (χ2n) is 9.44. The van der Waals surface area contributed by atoms with E-state index in [0.29, 0.717) is 16.8 Å². The Morgan fingerprint density at radius 3 is 1.76 bits per heavy atom. The van der Waals surface area contributed by atoms with E-state index in [1.54, 1.807) is 42.5 Å². The van der Waals surface area contributed by atoms with Crippen LogP contribution in [0.1, 0.15) is 76.9 Å². The topological polar surface area (TPSA) is 95.5 Å². The quantitative estimate of drug-likeness (QED) is 0.274. The number of amides is 2. The van der Waals surface area contributed by atoms with Gasteiger partial charge in [-0.3, -0.25) is 9.59 Å². The van der Waals surface area contributed by atoms with Crippen molar-refractivity contribution in [3.05, 3.63) is 98.5 Å². The molecule has 3 aromatic rings. The van der Waals surface area contributed by atoms with Crippen LogP contribution in [0.25, 0.3) is 0 Å². The highest BCUT2D eigenvalue weighted by molar-refractivity contribution is 6.40. The van der Waals surface area contributed by atoms with Gasteiger partial charge in [-0.05, 0) is 52.8 Å². The molecular formula is C29H30Cl2N2O4. The third kappa shape index (κ3) is 6.90. The lowest BCUT2D eigenvalue weighted by Gasteiger charge is -2.21. The maximum atomic E-state index is 13.3. The summed E-state index contributed by atoms with van der Waals surface area (Å²) in [6, 6.07) is 16.1. The number of aliphatic carboxylic acids is 1. The van der Waals surface area contributed by atoms with Crippen LogP contribution in [-0.2, 0) is 11.2 Å². The van der Waals surface area contributed by atoms with E-state index in [9.17, 15) is 19.5 Å². The van der Waals surface area contributed by atoms with Crippen LogP contribution in [0.5, 0.6) is 0 Å². The smallest absolute Gasteiger partial charge is 0.326 e. The molecule has 0 aliphatic carbocycles. The summed E-state index contributed by atoms with van der Waals surface area (Å²) in [6.07, 6.45) is 0.0759. The molecule has 0 unspecified atom stereocenters. The summed E-state index contributed by atoms with van der Waals surface area (Å²) in [5.41, 5.74) is 3.65. The van der Waals surface area contributed by atoms with Gasteiger partial charge in [0.05, 0.1) is 15.6 Å². The van der Waals surface area contributed by atoms with Crippen molar-refractivity contribution in [1.82, 2.24) is 5.32 Å². The Kier molecular flexibility index (Phi) is 9.35. The largest absolute Gasteiger partial charge is 0.480 e. The molecule has 0 aliphatic rings. The third-order valence-electron chi connectivity index (χ3n) is 6.04. The molecule has 8 heteroatoms. The lowest BCUT2D eigenvalue weighted by Crippen LogP contribution is -2.43. The summed E-state index contributed by atoms with van der Waals surface area (Å²) >= 11 is 12.2. The van der Waals surface area contributed by atoms with Crippen LogP contribution < -0.4 is 10.6 Å². The van der Waals surface area contributed by atoms with Crippen molar-refractivity contribution in [3.8, 4) is 0 Å². The Morgan fingerprint density at radius 2 is 1.27 bits per heavy atom. The van der Waals surface area contributed by atoms with Gasteiger partial charge in [-0.1, -0.05) is 87.3 Å². The van der Waals surface area contributed by atoms with Crippen molar-refractivity contribution in [1.29, 1.82) is 0 Å². The molecule has 0 radical (unpaired) electrons. The van der Waals surface area contributed by atoms with E-state index in [0.717, 1.165) is 11.1 Å². The van der Waals surface area contributed by atoms with E-state index in [1.807, 2.05) is 45.9 Å². The highest BCUT2D eigenvalue weighted by Gasteiger charge is 2.26. The molecule has 37 heavy (non-hydrogen) atoms. The normalized spacial score (nSPS) is 11.9. The molecule has 6 nitrogen and oxygen atoms in total. The lowest BCUT2D eigenvalue weighted by molar-refractivity contribution is -0.139. The molecule has 0 fully saturated rings. The molecule has 194 valence electrons. The SMILES string of the molecule is CC(C)c1cccc(C(C)C)c1C(=O)N[C@@H](Cc1ccc(NC(=O)c2c(Cl)cccc2Cl)cc1)C(=O)O. The molecule has 0 aromatic heterocycles. The molecule has 2 amide bonds. The number of carbonyl (C=O) groups excluding carboxylic acids is 2. The minimum absolute atomic E-state index is 0.0759. The Hall–Kier alpha value is -3.35. The van der Waals surface area contributed by atoms with Gasteiger partial charge >= 0.3 is 5.97 Å². The molecule has 3 rings (SSSR count). The molecule has 0 spiro atoms. The van der Waals surface area contributed by atoms with Crippen LogP contribution >= 0.6 is 23.2 Å². The molecular weight excluding hydrogens is 511 g/mol. The Bertz CT molecular complexity index is 1260. The molecule has 3 aromatic carbocycles. The third-order valence-corrected chi connectivity index (χ3v) is 6.67. The lowest BCUT2D eigenvalue weighted by atomic mass is 9.88. The monoisotopic (exact) mass is 540 g/mol. The molecule has 1 atom stereocenters. The zero-order chi connectivity index (χ0) is 27.3. The van der Waals surface area contributed by atoms with Gasteiger partial charge in [0.15, 0.2) is 0 Å². The summed E-state index contributed by atoms with van der Waals surface area (Å²) in [4.78, 5) is 38.0.